The van der Waals surface area contributed by atoms with Crippen molar-refractivity contribution in [3.63, 3.8) is 0 Å². The number of ether oxygens (including phenoxy) is 1. The monoisotopic (exact) mass is 382 g/mol. The standard InChI is InChI=1S/C20H22N4O2S/c1-15-22-23-20(24(15)13-12-16-6-4-3-5-7-16)27-14-19(25)21-17-8-10-18(26-2)11-9-17/h3-11H,12-14H2,1-2H3,(H,21,25). The van der Waals surface area contributed by atoms with Crippen molar-refractivity contribution in [3.05, 3.63) is 66.0 Å². The first-order valence-corrected chi connectivity index (χ1v) is 9.64. The van der Waals surface area contributed by atoms with Crippen LogP contribution in [0.2, 0.25) is 0 Å². The molecule has 0 fully saturated rings. The Kier molecular flexibility index (Phi) is 6.49. The molecule has 0 aliphatic rings. The smallest absolute Gasteiger partial charge is 0.234 e. The van der Waals surface area contributed by atoms with Gasteiger partial charge in [-0.15, -0.1) is 10.2 Å². The first-order chi connectivity index (χ1) is 13.2. The molecule has 3 aromatic rings. The summed E-state index contributed by atoms with van der Waals surface area (Å²) >= 11 is 1.39. The van der Waals surface area contributed by atoms with Crippen LogP contribution in [0.3, 0.4) is 0 Å². The van der Waals surface area contributed by atoms with Gasteiger partial charge in [-0.2, -0.15) is 0 Å². The Morgan fingerprint density at radius 2 is 1.85 bits per heavy atom. The molecule has 0 radical (unpaired) electrons. The lowest BCUT2D eigenvalue weighted by Crippen LogP contribution is -2.15. The van der Waals surface area contributed by atoms with Gasteiger partial charge in [-0.05, 0) is 43.2 Å². The van der Waals surface area contributed by atoms with Gasteiger partial charge in [0.1, 0.15) is 11.6 Å². The van der Waals surface area contributed by atoms with Gasteiger partial charge < -0.3 is 14.6 Å². The number of carbonyl (C=O) groups is 1. The number of hydrogen-bond donors (Lipinski definition) is 1. The van der Waals surface area contributed by atoms with Gasteiger partial charge >= 0.3 is 0 Å². The number of aryl methyl sites for hydroxylation is 2. The molecule has 0 saturated heterocycles. The van der Waals surface area contributed by atoms with E-state index in [-0.39, 0.29) is 11.7 Å². The largest absolute Gasteiger partial charge is 0.497 e. The number of nitrogens with zero attached hydrogens (tertiary/aromatic N) is 3. The van der Waals surface area contributed by atoms with Crippen LogP contribution in [0.4, 0.5) is 5.69 Å². The summed E-state index contributed by atoms with van der Waals surface area (Å²) in [5, 5.41) is 12.0. The highest BCUT2D eigenvalue weighted by molar-refractivity contribution is 7.99. The highest BCUT2D eigenvalue weighted by atomic mass is 32.2. The minimum absolute atomic E-state index is 0.0829. The molecule has 0 aliphatic carbocycles. The van der Waals surface area contributed by atoms with Crippen molar-refractivity contribution in [1.82, 2.24) is 14.8 Å². The topological polar surface area (TPSA) is 69.0 Å². The SMILES string of the molecule is COc1ccc(NC(=O)CSc2nnc(C)n2CCc2ccccc2)cc1. The summed E-state index contributed by atoms with van der Waals surface area (Å²) in [5.74, 6) is 1.80. The average molecular weight is 382 g/mol. The fourth-order valence-corrected chi connectivity index (χ4v) is 3.42. The van der Waals surface area contributed by atoms with Crippen molar-refractivity contribution in [2.24, 2.45) is 0 Å². The van der Waals surface area contributed by atoms with Crippen LogP contribution in [0.5, 0.6) is 5.75 Å². The summed E-state index contributed by atoms with van der Waals surface area (Å²) < 4.78 is 7.17. The highest BCUT2D eigenvalue weighted by Gasteiger charge is 2.12. The van der Waals surface area contributed by atoms with Crippen LogP contribution in [0, 0.1) is 6.92 Å². The van der Waals surface area contributed by atoms with E-state index in [0.29, 0.717) is 0 Å². The molecule has 1 heterocycles. The van der Waals surface area contributed by atoms with Crippen molar-refractivity contribution < 1.29 is 9.53 Å². The normalized spacial score (nSPS) is 10.6. The highest BCUT2D eigenvalue weighted by Crippen LogP contribution is 2.19. The molecule has 3 rings (SSSR count). The van der Waals surface area contributed by atoms with E-state index in [9.17, 15) is 4.79 Å². The molecule has 1 N–H and O–H groups in total. The Morgan fingerprint density at radius 3 is 2.56 bits per heavy atom. The van der Waals surface area contributed by atoms with Gasteiger partial charge in [0.25, 0.3) is 0 Å². The van der Waals surface area contributed by atoms with E-state index < -0.39 is 0 Å². The fraction of sp³-hybridized carbons (Fsp3) is 0.250. The van der Waals surface area contributed by atoms with Crippen molar-refractivity contribution in [1.29, 1.82) is 0 Å². The van der Waals surface area contributed by atoms with Gasteiger partial charge in [0, 0.05) is 12.2 Å². The average Bonchev–Trinajstić information content (AvgIpc) is 3.05. The van der Waals surface area contributed by atoms with Crippen LogP contribution >= 0.6 is 11.8 Å². The summed E-state index contributed by atoms with van der Waals surface area (Å²) in [4.78, 5) is 12.2. The maximum absolute atomic E-state index is 12.2. The first kappa shape index (κ1) is 19.0. The number of nitrogens with one attached hydrogen (secondary N) is 1. The number of aromatic nitrogens is 3. The molecular weight excluding hydrogens is 360 g/mol. The number of thioether (sulfide) groups is 1. The quantitative estimate of drug-likeness (QED) is 0.603. The van der Waals surface area contributed by atoms with Crippen molar-refractivity contribution >= 4 is 23.4 Å². The van der Waals surface area contributed by atoms with Gasteiger partial charge in [0.05, 0.1) is 12.9 Å². The van der Waals surface area contributed by atoms with Crippen LogP contribution in [0.1, 0.15) is 11.4 Å². The van der Waals surface area contributed by atoms with Crippen LogP contribution in [-0.4, -0.2) is 33.5 Å². The van der Waals surface area contributed by atoms with Crippen molar-refractivity contribution in [3.8, 4) is 5.75 Å². The van der Waals surface area contributed by atoms with Crippen LogP contribution in [0.15, 0.2) is 59.8 Å². The zero-order chi connectivity index (χ0) is 19.1. The molecular formula is C20H22N4O2S. The molecule has 2 aromatic carbocycles. The van der Waals surface area contributed by atoms with E-state index in [2.05, 4.69) is 32.2 Å². The van der Waals surface area contributed by atoms with Crippen molar-refractivity contribution in [2.75, 3.05) is 18.2 Å². The number of methoxy groups -OCH3 is 1. The number of carbonyl (C=O) groups excluding carboxylic acids is 1. The second-order valence-electron chi connectivity index (χ2n) is 5.98. The zero-order valence-electron chi connectivity index (χ0n) is 15.4. The number of hydrogen-bond acceptors (Lipinski definition) is 5. The van der Waals surface area contributed by atoms with Gasteiger partial charge in [-0.1, -0.05) is 42.1 Å². The van der Waals surface area contributed by atoms with Gasteiger partial charge in [0.2, 0.25) is 5.91 Å². The molecule has 0 atom stereocenters. The number of anilines is 1. The molecule has 0 aliphatic heterocycles. The fourth-order valence-electron chi connectivity index (χ4n) is 2.61. The molecule has 7 heteroatoms. The van der Waals surface area contributed by atoms with E-state index in [1.807, 2.05) is 49.4 Å². The molecule has 0 unspecified atom stereocenters. The Morgan fingerprint density at radius 1 is 1.11 bits per heavy atom. The molecule has 1 aromatic heterocycles. The molecule has 0 saturated carbocycles. The molecule has 1 amide bonds. The minimum atomic E-state index is -0.0829. The number of rotatable bonds is 8. The summed E-state index contributed by atoms with van der Waals surface area (Å²) in [7, 11) is 1.61. The lowest BCUT2D eigenvalue weighted by atomic mass is 10.1. The number of amides is 1. The lowest BCUT2D eigenvalue weighted by molar-refractivity contribution is -0.113. The van der Waals surface area contributed by atoms with E-state index in [1.54, 1.807) is 7.11 Å². The van der Waals surface area contributed by atoms with Gasteiger partial charge in [-0.25, -0.2) is 0 Å². The Balaban J connectivity index is 1.55. The predicted octanol–water partition coefficient (Wildman–Crippen LogP) is 3.57. The maximum Gasteiger partial charge on any atom is 0.234 e. The Labute approximate surface area is 163 Å². The zero-order valence-corrected chi connectivity index (χ0v) is 16.2. The number of benzene rings is 2. The summed E-state index contributed by atoms with van der Waals surface area (Å²) in [6.45, 7) is 2.71. The van der Waals surface area contributed by atoms with Crippen molar-refractivity contribution in [2.45, 2.75) is 25.0 Å². The van der Waals surface area contributed by atoms with Crippen LogP contribution in [-0.2, 0) is 17.8 Å². The first-order valence-electron chi connectivity index (χ1n) is 8.66. The summed E-state index contributed by atoms with van der Waals surface area (Å²) in [6.07, 6.45) is 0.894. The molecule has 6 nitrogen and oxygen atoms in total. The molecule has 0 bridgehead atoms. The lowest BCUT2D eigenvalue weighted by Gasteiger charge is -2.09. The predicted molar refractivity (Wildman–Crippen MR) is 107 cm³/mol. The third kappa shape index (κ3) is 5.34. The van der Waals surface area contributed by atoms with E-state index in [4.69, 9.17) is 4.74 Å². The van der Waals surface area contributed by atoms with E-state index >= 15 is 0 Å². The second-order valence-corrected chi connectivity index (χ2v) is 6.92. The van der Waals surface area contributed by atoms with E-state index in [0.717, 1.165) is 35.4 Å². The third-order valence-corrected chi connectivity index (χ3v) is 5.04. The molecule has 140 valence electrons. The molecule has 27 heavy (non-hydrogen) atoms. The molecule has 0 spiro atoms. The summed E-state index contributed by atoms with van der Waals surface area (Å²) in [5.41, 5.74) is 2.00. The Hall–Kier alpha value is -2.80. The third-order valence-electron chi connectivity index (χ3n) is 4.07. The van der Waals surface area contributed by atoms with E-state index in [1.165, 1.54) is 17.3 Å². The summed E-state index contributed by atoms with van der Waals surface area (Å²) in [6, 6.07) is 17.5. The van der Waals surface area contributed by atoms with Gasteiger partial charge in [-0.3, -0.25) is 4.79 Å². The van der Waals surface area contributed by atoms with Gasteiger partial charge in [0.15, 0.2) is 5.16 Å². The Bertz CT molecular complexity index is 879. The maximum atomic E-state index is 12.2. The second kappa shape index (κ2) is 9.23. The van der Waals surface area contributed by atoms with Crippen LogP contribution < -0.4 is 10.1 Å². The van der Waals surface area contributed by atoms with Crippen LogP contribution in [0.25, 0.3) is 0 Å². The minimum Gasteiger partial charge on any atom is -0.497 e.